The molecule has 0 heterocycles. The summed E-state index contributed by atoms with van der Waals surface area (Å²) in [4.78, 5) is 11.2. The molecule has 0 aliphatic carbocycles. The van der Waals surface area contributed by atoms with Gasteiger partial charge in [0.2, 0.25) is 0 Å². The fraction of sp³-hybridized carbons (Fsp3) is 0.923. The standard InChI is InChI=1S/C13H26O3/c1-5-12(4)6-7-15-8-9-16-10-13(14)11(2)3/h11-12H,5-10H2,1-4H3. The first kappa shape index (κ1) is 15.6. The normalized spacial score (nSPS) is 13.1. The molecule has 3 heteroatoms. The number of ketones is 1. The monoisotopic (exact) mass is 230 g/mol. The van der Waals surface area contributed by atoms with Crippen LogP contribution in [0.15, 0.2) is 0 Å². The van der Waals surface area contributed by atoms with Crippen LogP contribution in [0.5, 0.6) is 0 Å². The van der Waals surface area contributed by atoms with Crippen molar-refractivity contribution in [3.05, 3.63) is 0 Å². The molecule has 0 saturated carbocycles. The van der Waals surface area contributed by atoms with Crippen molar-refractivity contribution in [3.63, 3.8) is 0 Å². The van der Waals surface area contributed by atoms with Crippen molar-refractivity contribution in [2.24, 2.45) is 11.8 Å². The molecule has 96 valence electrons. The third-order valence-corrected chi connectivity index (χ3v) is 2.71. The van der Waals surface area contributed by atoms with Gasteiger partial charge < -0.3 is 9.47 Å². The number of ether oxygens (including phenoxy) is 2. The Bertz CT molecular complexity index is 178. The van der Waals surface area contributed by atoms with Crippen LogP contribution in [0.3, 0.4) is 0 Å². The summed E-state index contributed by atoms with van der Waals surface area (Å²) in [7, 11) is 0. The van der Waals surface area contributed by atoms with Gasteiger partial charge in [-0.15, -0.1) is 0 Å². The van der Waals surface area contributed by atoms with E-state index in [0.717, 1.165) is 18.9 Å². The van der Waals surface area contributed by atoms with Crippen molar-refractivity contribution in [3.8, 4) is 0 Å². The number of hydrogen-bond acceptors (Lipinski definition) is 3. The fourth-order valence-corrected chi connectivity index (χ4v) is 1.05. The lowest BCUT2D eigenvalue weighted by molar-refractivity contribution is -0.127. The molecular formula is C13H26O3. The molecule has 0 aromatic carbocycles. The largest absolute Gasteiger partial charge is 0.379 e. The van der Waals surface area contributed by atoms with E-state index in [1.165, 1.54) is 6.42 Å². The van der Waals surface area contributed by atoms with Crippen molar-refractivity contribution in [2.45, 2.75) is 40.5 Å². The third-order valence-electron chi connectivity index (χ3n) is 2.71. The van der Waals surface area contributed by atoms with Crippen LogP contribution in [0.2, 0.25) is 0 Å². The number of carbonyl (C=O) groups excluding carboxylic acids is 1. The smallest absolute Gasteiger partial charge is 0.160 e. The number of carbonyl (C=O) groups is 1. The maximum Gasteiger partial charge on any atom is 0.160 e. The molecule has 3 nitrogen and oxygen atoms in total. The molecule has 0 N–H and O–H groups in total. The van der Waals surface area contributed by atoms with Crippen LogP contribution in [-0.4, -0.2) is 32.2 Å². The van der Waals surface area contributed by atoms with Crippen molar-refractivity contribution >= 4 is 5.78 Å². The minimum Gasteiger partial charge on any atom is -0.379 e. The first-order valence-corrected chi connectivity index (χ1v) is 6.26. The van der Waals surface area contributed by atoms with Gasteiger partial charge in [0, 0.05) is 12.5 Å². The summed E-state index contributed by atoms with van der Waals surface area (Å²) in [5, 5.41) is 0. The Kier molecular flexibility index (Phi) is 9.54. The summed E-state index contributed by atoms with van der Waals surface area (Å²) in [5.74, 6) is 0.939. The highest BCUT2D eigenvalue weighted by Crippen LogP contribution is 2.05. The van der Waals surface area contributed by atoms with Gasteiger partial charge >= 0.3 is 0 Å². The van der Waals surface area contributed by atoms with E-state index in [1.807, 2.05) is 13.8 Å². The Balaban J connectivity index is 3.19. The van der Waals surface area contributed by atoms with Crippen molar-refractivity contribution in [1.29, 1.82) is 0 Å². The quantitative estimate of drug-likeness (QED) is 0.541. The lowest BCUT2D eigenvalue weighted by Gasteiger charge is -2.09. The molecule has 0 aromatic rings. The van der Waals surface area contributed by atoms with E-state index in [2.05, 4.69) is 13.8 Å². The molecule has 1 atom stereocenters. The second kappa shape index (κ2) is 9.79. The van der Waals surface area contributed by atoms with Crippen LogP contribution < -0.4 is 0 Å². The van der Waals surface area contributed by atoms with E-state index in [0.29, 0.717) is 13.2 Å². The van der Waals surface area contributed by atoms with Gasteiger partial charge in [-0.2, -0.15) is 0 Å². The van der Waals surface area contributed by atoms with Gasteiger partial charge in [0.05, 0.1) is 13.2 Å². The Morgan fingerprint density at radius 1 is 1.06 bits per heavy atom. The Hall–Kier alpha value is -0.410. The van der Waals surface area contributed by atoms with Crippen LogP contribution in [0, 0.1) is 11.8 Å². The zero-order chi connectivity index (χ0) is 12.4. The molecule has 1 unspecified atom stereocenters. The predicted molar refractivity (Wildman–Crippen MR) is 65.6 cm³/mol. The van der Waals surface area contributed by atoms with Crippen molar-refractivity contribution in [1.82, 2.24) is 0 Å². The topological polar surface area (TPSA) is 35.5 Å². The van der Waals surface area contributed by atoms with E-state index in [1.54, 1.807) is 0 Å². The molecule has 0 aromatic heterocycles. The van der Waals surface area contributed by atoms with Crippen LogP contribution >= 0.6 is 0 Å². The highest BCUT2D eigenvalue weighted by Gasteiger charge is 2.06. The molecule has 0 fully saturated rings. The second-order valence-corrected chi connectivity index (χ2v) is 4.59. The number of Topliss-reactive ketones (excluding diaryl/α,β-unsaturated/α-hetero) is 1. The second-order valence-electron chi connectivity index (χ2n) is 4.59. The summed E-state index contributed by atoms with van der Waals surface area (Å²) in [5.41, 5.74) is 0. The summed E-state index contributed by atoms with van der Waals surface area (Å²) in [6, 6.07) is 0. The zero-order valence-corrected chi connectivity index (χ0v) is 11.1. The first-order valence-electron chi connectivity index (χ1n) is 6.26. The van der Waals surface area contributed by atoms with E-state index >= 15 is 0 Å². The zero-order valence-electron chi connectivity index (χ0n) is 11.1. The number of hydrogen-bond donors (Lipinski definition) is 0. The third kappa shape index (κ3) is 8.86. The lowest BCUT2D eigenvalue weighted by atomic mass is 10.1. The molecule has 0 rings (SSSR count). The highest BCUT2D eigenvalue weighted by atomic mass is 16.5. The summed E-state index contributed by atoms with van der Waals surface area (Å²) < 4.78 is 10.6. The van der Waals surface area contributed by atoms with Gasteiger partial charge in [-0.3, -0.25) is 4.79 Å². The molecule has 0 saturated heterocycles. The van der Waals surface area contributed by atoms with Crippen molar-refractivity contribution in [2.75, 3.05) is 26.4 Å². The summed E-state index contributed by atoms with van der Waals surface area (Å²) in [6.45, 7) is 10.3. The average molecular weight is 230 g/mol. The molecule has 0 aliphatic rings. The maximum atomic E-state index is 11.2. The average Bonchev–Trinajstić information content (AvgIpc) is 2.26. The Morgan fingerprint density at radius 2 is 1.69 bits per heavy atom. The minimum absolute atomic E-state index is 0.0614. The van der Waals surface area contributed by atoms with Crippen LogP contribution in [0.4, 0.5) is 0 Å². The molecule has 0 spiro atoms. The van der Waals surface area contributed by atoms with E-state index < -0.39 is 0 Å². The molecule has 0 amide bonds. The summed E-state index contributed by atoms with van der Waals surface area (Å²) >= 11 is 0. The van der Waals surface area contributed by atoms with E-state index in [4.69, 9.17) is 9.47 Å². The highest BCUT2D eigenvalue weighted by molar-refractivity contribution is 5.81. The van der Waals surface area contributed by atoms with Gasteiger partial charge in [0.15, 0.2) is 5.78 Å². The maximum absolute atomic E-state index is 11.2. The van der Waals surface area contributed by atoms with Gasteiger partial charge in [-0.1, -0.05) is 34.1 Å². The van der Waals surface area contributed by atoms with Crippen LogP contribution in [-0.2, 0) is 14.3 Å². The predicted octanol–water partition coefficient (Wildman–Crippen LogP) is 2.68. The first-order chi connectivity index (χ1) is 7.57. The number of rotatable bonds is 10. The van der Waals surface area contributed by atoms with Gasteiger partial charge in [-0.05, 0) is 12.3 Å². The fourth-order valence-electron chi connectivity index (χ4n) is 1.05. The van der Waals surface area contributed by atoms with Gasteiger partial charge in [-0.25, -0.2) is 0 Å². The van der Waals surface area contributed by atoms with E-state index in [-0.39, 0.29) is 18.3 Å². The van der Waals surface area contributed by atoms with Gasteiger partial charge in [0.25, 0.3) is 0 Å². The minimum atomic E-state index is 0.0614. The molecule has 0 bridgehead atoms. The molecule has 16 heavy (non-hydrogen) atoms. The van der Waals surface area contributed by atoms with Crippen LogP contribution in [0.1, 0.15) is 40.5 Å². The van der Waals surface area contributed by atoms with Crippen LogP contribution in [0.25, 0.3) is 0 Å². The molecular weight excluding hydrogens is 204 g/mol. The Morgan fingerprint density at radius 3 is 2.25 bits per heavy atom. The Labute approximate surface area is 99.5 Å². The SMILES string of the molecule is CCC(C)CCOCCOCC(=O)C(C)C. The van der Waals surface area contributed by atoms with Crippen molar-refractivity contribution < 1.29 is 14.3 Å². The van der Waals surface area contributed by atoms with Gasteiger partial charge in [0.1, 0.15) is 6.61 Å². The molecule has 0 aliphatic heterocycles. The summed E-state index contributed by atoms with van der Waals surface area (Å²) in [6.07, 6.45) is 2.30. The van der Waals surface area contributed by atoms with E-state index in [9.17, 15) is 4.79 Å². The molecule has 0 radical (unpaired) electrons. The lowest BCUT2D eigenvalue weighted by Crippen LogP contribution is -2.17.